The third-order valence-corrected chi connectivity index (χ3v) is 7.98. The number of hydrogen-bond acceptors (Lipinski definition) is 4. The van der Waals surface area contributed by atoms with Crippen LogP contribution in [0.3, 0.4) is 0 Å². The Kier molecular flexibility index (Phi) is 7.09. The zero-order valence-electron chi connectivity index (χ0n) is 20.7. The molecule has 6 heteroatoms. The Labute approximate surface area is 208 Å². The van der Waals surface area contributed by atoms with Crippen molar-refractivity contribution in [3.8, 4) is 5.75 Å². The lowest BCUT2D eigenvalue weighted by Crippen LogP contribution is -2.56. The molecule has 0 radical (unpaired) electrons. The van der Waals surface area contributed by atoms with Crippen molar-refractivity contribution < 1.29 is 14.3 Å². The van der Waals surface area contributed by atoms with Gasteiger partial charge in [-0.15, -0.1) is 0 Å². The summed E-state index contributed by atoms with van der Waals surface area (Å²) < 4.78 is 5.95. The molecular weight excluding hydrogens is 438 g/mol. The first kappa shape index (κ1) is 23.9. The highest BCUT2D eigenvalue weighted by molar-refractivity contribution is 5.95. The highest BCUT2D eigenvalue weighted by Crippen LogP contribution is 2.45. The fourth-order valence-electron chi connectivity index (χ4n) is 6.13. The molecule has 5 rings (SSSR count). The third kappa shape index (κ3) is 5.22. The first-order chi connectivity index (χ1) is 17.0. The Hall–Kier alpha value is -2.86. The van der Waals surface area contributed by atoms with Crippen molar-refractivity contribution in [2.24, 2.45) is 0 Å². The third-order valence-electron chi connectivity index (χ3n) is 7.98. The van der Waals surface area contributed by atoms with Crippen molar-refractivity contribution >= 4 is 11.8 Å². The highest BCUT2D eigenvalue weighted by Gasteiger charge is 2.52. The number of carbonyl (C=O) groups is 2. The quantitative estimate of drug-likeness (QED) is 0.665. The van der Waals surface area contributed by atoms with Gasteiger partial charge >= 0.3 is 0 Å². The van der Waals surface area contributed by atoms with E-state index in [9.17, 15) is 9.59 Å². The Morgan fingerprint density at radius 1 is 1.03 bits per heavy atom. The van der Waals surface area contributed by atoms with Crippen molar-refractivity contribution in [1.82, 2.24) is 15.1 Å². The summed E-state index contributed by atoms with van der Waals surface area (Å²) in [5.41, 5.74) is 1.34. The van der Waals surface area contributed by atoms with Crippen LogP contribution in [0.5, 0.6) is 5.75 Å². The van der Waals surface area contributed by atoms with E-state index in [2.05, 4.69) is 29.3 Å². The zero-order chi connectivity index (χ0) is 24.3. The number of likely N-dealkylation sites (tertiary alicyclic amines) is 2. The Morgan fingerprint density at radius 3 is 2.51 bits per heavy atom. The average molecular weight is 476 g/mol. The van der Waals surface area contributed by atoms with Gasteiger partial charge in [0, 0.05) is 18.5 Å². The first-order valence-corrected chi connectivity index (χ1v) is 13.2. The van der Waals surface area contributed by atoms with Crippen LogP contribution in [0.1, 0.15) is 73.8 Å². The fraction of sp³-hybridized carbons (Fsp3) is 0.517. The second-order valence-electron chi connectivity index (χ2n) is 10.5. The summed E-state index contributed by atoms with van der Waals surface area (Å²) in [6.45, 7) is 6.04. The minimum atomic E-state index is -0.438. The van der Waals surface area contributed by atoms with Crippen LogP contribution in [-0.2, 0) is 4.79 Å². The van der Waals surface area contributed by atoms with E-state index in [0.29, 0.717) is 18.6 Å². The van der Waals surface area contributed by atoms with E-state index in [1.807, 2.05) is 47.4 Å². The number of nitrogens with zero attached hydrogens (tertiary/aromatic N) is 2. The molecule has 0 spiro atoms. The van der Waals surface area contributed by atoms with Crippen LogP contribution in [0.2, 0.25) is 0 Å². The average Bonchev–Trinajstić information content (AvgIpc) is 3.47. The number of benzene rings is 2. The summed E-state index contributed by atoms with van der Waals surface area (Å²) in [7, 11) is 0. The van der Waals surface area contributed by atoms with Gasteiger partial charge in [0.2, 0.25) is 5.91 Å². The number of hydrogen-bond donors (Lipinski definition) is 1. The van der Waals surface area contributed by atoms with Gasteiger partial charge in [-0.3, -0.25) is 14.5 Å². The molecule has 186 valence electrons. The van der Waals surface area contributed by atoms with Crippen molar-refractivity contribution in [2.75, 3.05) is 26.2 Å². The van der Waals surface area contributed by atoms with Gasteiger partial charge in [0.05, 0.1) is 17.6 Å². The van der Waals surface area contributed by atoms with Crippen LogP contribution in [-0.4, -0.2) is 59.4 Å². The summed E-state index contributed by atoms with van der Waals surface area (Å²) in [6.07, 6.45) is 6.54. The van der Waals surface area contributed by atoms with Gasteiger partial charge in [-0.25, -0.2) is 0 Å². The van der Waals surface area contributed by atoms with Gasteiger partial charge in [-0.05, 0) is 81.9 Å². The van der Waals surface area contributed by atoms with E-state index < -0.39 is 5.54 Å². The van der Waals surface area contributed by atoms with Gasteiger partial charge in [0.15, 0.2) is 0 Å². The van der Waals surface area contributed by atoms with Gasteiger partial charge in [0.1, 0.15) is 12.4 Å². The van der Waals surface area contributed by atoms with Gasteiger partial charge < -0.3 is 15.0 Å². The lowest BCUT2D eigenvalue weighted by molar-refractivity contribution is -0.123. The van der Waals surface area contributed by atoms with E-state index in [-0.39, 0.29) is 23.9 Å². The van der Waals surface area contributed by atoms with Gasteiger partial charge in [-0.1, -0.05) is 36.8 Å². The predicted molar refractivity (Wildman–Crippen MR) is 136 cm³/mol. The van der Waals surface area contributed by atoms with Crippen LogP contribution < -0.4 is 10.1 Å². The number of fused-ring (bicyclic) bond motifs is 1. The van der Waals surface area contributed by atoms with Crippen LogP contribution in [0.25, 0.3) is 0 Å². The second kappa shape index (κ2) is 10.4. The zero-order valence-corrected chi connectivity index (χ0v) is 20.7. The topological polar surface area (TPSA) is 61.9 Å². The molecule has 0 aliphatic carbocycles. The van der Waals surface area contributed by atoms with Crippen LogP contribution in [0.4, 0.5) is 0 Å². The van der Waals surface area contributed by atoms with Crippen molar-refractivity contribution in [1.29, 1.82) is 0 Å². The second-order valence-corrected chi connectivity index (χ2v) is 10.5. The molecule has 0 aromatic heterocycles. The number of carbonyl (C=O) groups excluding carboxylic acids is 2. The molecule has 2 amide bonds. The minimum Gasteiger partial charge on any atom is -0.492 e. The molecule has 0 unspecified atom stereocenters. The van der Waals surface area contributed by atoms with Crippen molar-refractivity contribution in [3.63, 3.8) is 0 Å². The molecule has 6 nitrogen and oxygen atoms in total. The fourth-order valence-corrected chi connectivity index (χ4v) is 6.13. The van der Waals surface area contributed by atoms with Crippen LogP contribution in [0.15, 0.2) is 54.6 Å². The Balaban J connectivity index is 1.35. The molecule has 2 aromatic carbocycles. The molecule has 2 aromatic rings. The SMILES string of the molecule is C[C@]12C[C@@H](c3ccccc3)N(C(=O)c3ccc(OCCN4CCCC4)cc3)[C@H]1CCCCC(=O)N2. The molecule has 3 aliphatic heterocycles. The number of amides is 2. The van der Waals surface area contributed by atoms with Gasteiger partial charge in [-0.2, -0.15) is 0 Å². The normalized spacial score (nSPS) is 27.1. The molecule has 0 saturated carbocycles. The smallest absolute Gasteiger partial charge is 0.254 e. The maximum absolute atomic E-state index is 14.0. The molecule has 35 heavy (non-hydrogen) atoms. The summed E-state index contributed by atoms with van der Waals surface area (Å²) in [5.74, 6) is 0.907. The standard InChI is InChI=1S/C29H37N3O3/c1-29-21-25(22-9-3-2-4-10-22)32(26(29)11-5-6-12-27(33)30-29)28(34)23-13-15-24(16-14-23)35-20-19-31-17-7-8-18-31/h2-4,9-10,13-16,25-26H,5-8,11-12,17-21H2,1H3,(H,30,33)/t25-,26-,29-/m0/s1. The van der Waals surface area contributed by atoms with Crippen molar-refractivity contribution in [3.05, 3.63) is 65.7 Å². The van der Waals surface area contributed by atoms with Crippen LogP contribution >= 0.6 is 0 Å². The van der Waals surface area contributed by atoms with Crippen LogP contribution in [0, 0.1) is 0 Å². The Bertz CT molecular complexity index is 1020. The molecule has 3 saturated heterocycles. The summed E-state index contributed by atoms with van der Waals surface area (Å²) in [6, 6.07) is 17.7. The molecule has 1 N–H and O–H groups in total. The molecular formula is C29H37N3O3. The minimum absolute atomic E-state index is 0.0195. The van der Waals surface area contributed by atoms with E-state index in [1.54, 1.807) is 0 Å². The number of nitrogens with one attached hydrogen (secondary N) is 1. The molecule has 3 fully saturated rings. The number of rotatable bonds is 6. The summed E-state index contributed by atoms with van der Waals surface area (Å²) in [5, 5.41) is 3.29. The van der Waals surface area contributed by atoms with Gasteiger partial charge in [0.25, 0.3) is 5.91 Å². The molecule has 0 bridgehead atoms. The van der Waals surface area contributed by atoms with E-state index in [1.165, 1.54) is 12.8 Å². The lowest BCUT2D eigenvalue weighted by atomic mass is 9.85. The first-order valence-electron chi connectivity index (χ1n) is 13.2. The number of ether oxygens (including phenoxy) is 1. The summed E-state index contributed by atoms with van der Waals surface area (Å²) in [4.78, 5) is 31.0. The monoisotopic (exact) mass is 475 g/mol. The maximum Gasteiger partial charge on any atom is 0.254 e. The van der Waals surface area contributed by atoms with E-state index in [4.69, 9.17) is 4.74 Å². The van der Waals surface area contributed by atoms with E-state index >= 15 is 0 Å². The van der Waals surface area contributed by atoms with E-state index in [0.717, 1.165) is 56.6 Å². The highest BCUT2D eigenvalue weighted by atomic mass is 16.5. The molecule has 3 atom stereocenters. The van der Waals surface area contributed by atoms with Crippen molar-refractivity contribution in [2.45, 2.75) is 69.5 Å². The lowest BCUT2D eigenvalue weighted by Gasteiger charge is -2.38. The molecule has 3 heterocycles. The predicted octanol–water partition coefficient (Wildman–Crippen LogP) is 4.57. The Morgan fingerprint density at radius 2 is 1.77 bits per heavy atom. The maximum atomic E-state index is 14.0. The molecule has 3 aliphatic rings. The largest absolute Gasteiger partial charge is 0.492 e. The summed E-state index contributed by atoms with van der Waals surface area (Å²) >= 11 is 0.